The van der Waals surface area contributed by atoms with Crippen molar-refractivity contribution in [2.24, 2.45) is 0 Å². The lowest BCUT2D eigenvalue weighted by atomic mass is 9.91. The van der Waals surface area contributed by atoms with Gasteiger partial charge in [-0.2, -0.15) is 0 Å². The number of nitrogens with zero attached hydrogens (tertiary/aromatic N) is 3. The molecule has 0 saturated carbocycles. The van der Waals surface area contributed by atoms with Gasteiger partial charge in [-0.15, -0.1) is 0 Å². The van der Waals surface area contributed by atoms with Crippen LogP contribution in [-0.2, 0) is 20.8 Å². The summed E-state index contributed by atoms with van der Waals surface area (Å²) in [6.45, 7) is 12.3. The third-order valence-corrected chi connectivity index (χ3v) is 6.32. The fourth-order valence-corrected chi connectivity index (χ4v) is 4.51. The van der Waals surface area contributed by atoms with Crippen LogP contribution in [0.4, 0.5) is 0 Å². The molecule has 7 nitrogen and oxygen atoms in total. The third-order valence-electron chi connectivity index (χ3n) is 6.07. The molecule has 0 radical (unpaired) electrons. The van der Waals surface area contributed by atoms with Crippen molar-refractivity contribution in [3.05, 3.63) is 70.2 Å². The number of esters is 1. The van der Waals surface area contributed by atoms with Gasteiger partial charge in [-0.25, -0.2) is 14.8 Å². The first-order chi connectivity index (χ1) is 16.5. The number of benzene rings is 1. The third kappa shape index (κ3) is 4.83. The number of hydrogen-bond donors (Lipinski definition) is 0. The Bertz CT molecular complexity index is 1370. The smallest absolute Gasteiger partial charge is 0.339 e. The van der Waals surface area contributed by atoms with Crippen molar-refractivity contribution < 1.29 is 18.7 Å². The molecule has 8 heteroatoms. The van der Waals surface area contributed by atoms with Crippen molar-refractivity contribution >= 4 is 28.6 Å². The Balaban J connectivity index is 2.09. The average molecular weight is 496 g/mol. The van der Waals surface area contributed by atoms with E-state index < -0.39 is 17.7 Å². The van der Waals surface area contributed by atoms with E-state index in [-0.39, 0.29) is 0 Å². The first-order valence-electron chi connectivity index (χ1n) is 11.4. The average Bonchev–Trinajstić information content (AvgIpc) is 3.39. The number of methoxy groups -OCH3 is 1. The molecule has 0 saturated heterocycles. The van der Waals surface area contributed by atoms with Crippen LogP contribution in [0.1, 0.15) is 55.1 Å². The monoisotopic (exact) mass is 495 g/mol. The topological polar surface area (TPSA) is 79.4 Å². The molecule has 0 aliphatic heterocycles. The SMILES string of the molecule is COC(=O)C(OC(C)(C)C)c1c(C)nc2c(c(C)c(C)n2Cc2cocn2)c1-c1ccc(Cl)cc1. The van der Waals surface area contributed by atoms with Gasteiger partial charge in [-0.3, -0.25) is 0 Å². The minimum absolute atomic E-state index is 0.476. The van der Waals surface area contributed by atoms with Crippen molar-refractivity contribution in [2.75, 3.05) is 7.11 Å². The first-order valence-corrected chi connectivity index (χ1v) is 11.8. The molecule has 0 spiro atoms. The molecule has 0 bridgehead atoms. The minimum Gasteiger partial charge on any atom is -0.467 e. The molecular formula is C27H30ClN3O4. The zero-order chi connectivity index (χ0) is 25.5. The minimum atomic E-state index is -0.957. The van der Waals surface area contributed by atoms with Crippen LogP contribution in [-0.4, -0.2) is 33.2 Å². The Morgan fingerprint density at radius 1 is 1.17 bits per heavy atom. The van der Waals surface area contributed by atoms with Gasteiger partial charge in [0.2, 0.25) is 0 Å². The van der Waals surface area contributed by atoms with Crippen molar-refractivity contribution in [1.29, 1.82) is 0 Å². The summed E-state index contributed by atoms with van der Waals surface area (Å²) in [4.78, 5) is 22.4. The van der Waals surface area contributed by atoms with E-state index in [1.165, 1.54) is 13.5 Å². The van der Waals surface area contributed by atoms with Crippen LogP contribution in [0.25, 0.3) is 22.2 Å². The number of aromatic nitrogens is 3. The second-order valence-electron chi connectivity index (χ2n) is 9.60. The highest BCUT2D eigenvalue weighted by Crippen LogP contribution is 2.42. The van der Waals surface area contributed by atoms with Crippen molar-refractivity contribution in [3.8, 4) is 11.1 Å². The van der Waals surface area contributed by atoms with E-state index >= 15 is 0 Å². The number of oxazole rings is 1. The van der Waals surface area contributed by atoms with E-state index in [1.54, 1.807) is 6.26 Å². The lowest BCUT2D eigenvalue weighted by Crippen LogP contribution is -2.29. The maximum atomic E-state index is 13.1. The predicted molar refractivity (Wildman–Crippen MR) is 136 cm³/mol. The Hall–Kier alpha value is -3.16. The molecule has 1 aromatic carbocycles. The maximum absolute atomic E-state index is 13.1. The van der Waals surface area contributed by atoms with Crippen LogP contribution in [0, 0.1) is 20.8 Å². The molecule has 0 fully saturated rings. The summed E-state index contributed by atoms with van der Waals surface area (Å²) in [5.41, 5.74) is 6.26. The van der Waals surface area contributed by atoms with Crippen LogP contribution < -0.4 is 0 Å². The zero-order valence-electron chi connectivity index (χ0n) is 21.1. The molecular weight excluding hydrogens is 466 g/mol. The van der Waals surface area contributed by atoms with Gasteiger partial charge in [0, 0.05) is 32.9 Å². The molecule has 1 unspecified atom stereocenters. The van der Waals surface area contributed by atoms with Crippen LogP contribution in [0.3, 0.4) is 0 Å². The molecule has 184 valence electrons. The fourth-order valence-electron chi connectivity index (χ4n) is 4.39. The van der Waals surface area contributed by atoms with Crippen molar-refractivity contribution in [1.82, 2.24) is 14.5 Å². The summed E-state index contributed by atoms with van der Waals surface area (Å²) in [5.74, 6) is -0.476. The van der Waals surface area contributed by atoms with E-state index in [4.69, 9.17) is 30.5 Å². The number of fused-ring (bicyclic) bond motifs is 1. The molecule has 0 aliphatic rings. The quantitative estimate of drug-likeness (QED) is 0.290. The number of halogens is 1. The van der Waals surface area contributed by atoms with Gasteiger partial charge in [-0.05, 0) is 64.8 Å². The van der Waals surface area contributed by atoms with Gasteiger partial charge < -0.3 is 18.5 Å². The Labute approximate surface area is 210 Å². The molecule has 0 aliphatic carbocycles. The highest BCUT2D eigenvalue weighted by atomic mass is 35.5. The van der Waals surface area contributed by atoms with E-state index in [0.717, 1.165) is 39.1 Å². The van der Waals surface area contributed by atoms with Crippen LogP contribution >= 0.6 is 11.6 Å². The van der Waals surface area contributed by atoms with Gasteiger partial charge in [0.25, 0.3) is 0 Å². The van der Waals surface area contributed by atoms with E-state index in [0.29, 0.717) is 22.8 Å². The van der Waals surface area contributed by atoms with Crippen LogP contribution in [0.5, 0.6) is 0 Å². The van der Waals surface area contributed by atoms with Crippen LogP contribution in [0.15, 0.2) is 41.3 Å². The Kier molecular flexibility index (Phi) is 6.75. The van der Waals surface area contributed by atoms with Gasteiger partial charge in [-0.1, -0.05) is 23.7 Å². The maximum Gasteiger partial charge on any atom is 0.339 e. The molecule has 4 aromatic rings. The number of hydrogen-bond acceptors (Lipinski definition) is 6. The summed E-state index contributed by atoms with van der Waals surface area (Å²) in [6.07, 6.45) is 2.09. The second-order valence-corrected chi connectivity index (χ2v) is 10.0. The molecule has 3 heterocycles. The largest absolute Gasteiger partial charge is 0.467 e. The number of pyridine rings is 1. The highest BCUT2D eigenvalue weighted by Gasteiger charge is 2.34. The lowest BCUT2D eigenvalue weighted by molar-refractivity contribution is -0.164. The fraction of sp³-hybridized carbons (Fsp3) is 0.370. The number of aryl methyl sites for hydroxylation is 2. The standard InChI is InChI=1S/C27H30ClN3O4/c1-15-17(3)31(12-20-13-34-14-29-20)25-21(15)23(18-8-10-19(28)11-9-18)22(16(2)30-25)24(26(32)33-7)35-27(4,5)6/h8-11,13-14,24H,12H2,1-7H3. The Morgan fingerprint density at radius 2 is 1.86 bits per heavy atom. The van der Waals surface area contributed by atoms with E-state index in [9.17, 15) is 4.79 Å². The second kappa shape index (κ2) is 9.47. The number of carbonyl (C=O) groups excluding carboxylic acids is 1. The summed E-state index contributed by atoms with van der Waals surface area (Å²) >= 11 is 6.22. The van der Waals surface area contributed by atoms with Gasteiger partial charge in [0.15, 0.2) is 12.5 Å². The molecule has 1 atom stereocenters. The summed E-state index contributed by atoms with van der Waals surface area (Å²) < 4.78 is 18.8. The number of ether oxygens (including phenoxy) is 2. The summed E-state index contributed by atoms with van der Waals surface area (Å²) in [5, 5.41) is 1.57. The molecule has 35 heavy (non-hydrogen) atoms. The van der Waals surface area contributed by atoms with Crippen molar-refractivity contribution in [2.45, 2.75) is 59.8 Å². The van der Waals surface area contributed by atoms with E-state index in [2.05, 4.69) is 23.4 Å². The first kappa shape index (κ1) is 24.9. The zero-order valence-corrected chi connectivity index (χ0v) is 21.9. The molecule has 0 N–H and O–H groups in total. The molecule has 0 amide bonds. The van der Waals surface area contributed by atoms with Gasteiger partial charge in [0.05, 0.1) is 24.9 Å². The molecule has 3 aromatic heterocycles. The van der Waals surface area contributed by atoms with Gasteiger partial charge in [0.1, 0.15) is 11.9 Å². The van der Waals surface area contributed by atoms with Gasteiger partial charge >= 0.3 is 5.97 Å². The summed E-state index contributed by atoms with van der Waals surface area (Å²) in [7, 11) is 1.37. The van der Waals surface area contributed by atoms with E-state index in [1.807, 2.05) is 52.0 Å². The predicted octanol–water partition coefficient (Wildman–Crippen LogP) is 6.35. The number of rotatable bonds is 6. The lowest BCUT2D eigenvalue weighted by Gasteiger charge is -2.28. The van der Waals surface area contributed by atoms with Crippen molar-refractivity contribution in [3.63, 3.8) is 0 Å². The Morgan fingerprint density at radius 3 is 2.43 bits per heavy atom. The highest BCUT2D eigenvalue weighted by molar-refractivity contribution is 6.30. The summed E-state index contributed by atoms with van der Waals surface area (Å²) in [6, 6.07) is 7.59. The van der Waals surface area contributed by atoms with Crippen LogP contribution in [0.2, 0.25) is 5.02 Å². The number of carbonyl (C=O) groups is 1. The molecule has 4 rings (SSSR count). The normalized spacial score (nSPS) is 12.8.